The second-order valence-electron chi connectivity index (χ2n) is 3.64. The Bertz CT molecular complexity index is 550. The van der Waals surface area contributed by atoms with Crippen molar-refractivity contribution in [2.75, 3.05) is 0 Å². The lowest BCUT2D eigenvalue weighted by atomic mass is 10.2. The molecule has 0 unspecified atom stereocenters. The number of aromatic amines is 1. The van der Waals surface area contributed by atoms with E-state index in [4.69, 9.17) is 0 Å². The Balaban J connectivity index is 1.96. The van der Waals surface area contributed by atoms with Crippen LogP contribution >= 0.6 is 0 Å². The minimum Gasteiger partial charge on any atom is -0.347 e. The van der Waals surface area contributed by atoms with Crippen molar-refractivity contribution < 1.29 is 8.42 Å². The van der Waals surface area contributed by atoms with E-state index in [2.05, 4.69) is 14.7 Å². The maximum absolute atomic E-state index is 11.7. The molecule has 0 aliphatic rings. The Labute approximate surface area is 100.0 Å². The first-order chi connectivity index (χ1) is 8.16. The fourth-order valence-corrected chi connectivity index (χ4v) is 2.52. The van der Waals surface area contributed by atoms with Crippen molar-refractivity contribution in [3.05, 3.63) is 54.1 Å². The van der Waals surface area contributed by atoms with Crippen LogP contribution in [0.5, 0.6) is 0 Å². The lowest BCUT2D eigenvalue weighted by Gasteiger charge is -2.05. The average molecular weight is 251 g/mol. The van der Waals surface area contributed by atoms with E-state index in [1.807, 2.05) is 18.2 Å². The van der Waals surface area contributed by atoms with Gasteiger partial charge >= 0.3 is 0 Å². The number of rotatable bonds is 5. The minimum absolute atomic E-state index is 0.0119. The number of H-pyrrole nitrogens is 1. The maximum Gasteiger partial charge on any atom is 0.216 e. The van der Waals surface area contributed by atoms with Gasteiger partial charge in [-0.2, -0.15) is 0 Å². The van der Waals surface area contributed by atoms with Crippen LogP contribution in [0, 0.1) is 0 Å². The predicted octanol–water partition coefficient (Wildman–Crippen LogP) is 1.03. The highest BCUT2D eigenvalue weighted by Gasteiger charge is 2.11. The molecule has 0 atom stereocenters. The maximum atomic E-state index is 11.7. The first-order valence-electron chi connectivity index (χ1n) is 5.14. The van der Waals surface area contributed by atoms with Crippen LogP contribution in [-0.2, 0) is 22.3 Å². The average Bonchev–Trinajstić information content (AvgIpc) is 2.80. The van der Waals surface area contributed by atoms with Crippen LogP contribution in [-0.4, -0.2) is 18.4 Å². The summed E-state index contributed by atoms with van der Waals surface area (Å²) in [5.74, 6) is -0.0119. The van der Waals surface area contributed by atoms with Crippen LogP contribution in [0.1, 0.15) is 11.3 Å². The Hall–Kier alpha value is -1.66. The molecule has 5 nitrogen and oxygen atoms in total. The van der Waals surface area contributed by atoms with Crippen molar-refractivity contribution in [3.63, 3.8) is 0 Å². The number of hydrogen-bond donors (Lipinski definition) is 2. The molecule has 0 aliphatic heterocycles. The van der Waals surface area contributed by atoms with Gasteiger partial charge in [0.25, 0.3) is 0 Å². The molecule has 0 spiro atoms. The topological polar surface area (TPSA) is 74.8 Å². The molecular formula is C11H13N3O2S. The van der Waals surface area contributed by atoms with Crippen LogP contribution in [0.2, 0.25) is 0 Å². The van der Waals surface area contributed by atoms with E-state index in [9.17, 15) is 8.42 Å². The second kappa shape index (κ2) is 5.11. The minimum atomic E-state index is -3.31. The van der Waals surface area contributed by atoms with Gasteiger partial charge < -0.3 is 4.98 Å². The van der Waals surface area contributed by atoms with E-state index in [-0.39, 0.29) is 12.3 Å². The van der Waals surface area contributed by atoms with E-state index in [1.165, 1.54) is 6.33 Å². The fourth-order valence-electron chi connectivity index (χ4n) is 1.41. The summed E-state index contributed by atoms with van der Waals surface area (Å²) in [6.45, 7) is 0.231. The number of hydrogen-bond acceptors (Lipinski definition) is 3. The molecule has 0 saturated carbocycles. The summed E-state index contributed by atoms with van der Waals surface area (Å²) in [6, 6.07) is 9.07. The number of sulfonamides is 1. The van der Waals surface area contributed by atoms with E-state index in [0.29, 0.717) is 0 Å². The Kier molecular flexibility index (Phi) is 3.55. The van der Waals surface area contributed by atoms with Crippen LogP contribution in [0.3, 0.4) is 0 Å². The summed E-state index contributed by atoms with van der Waals surface area (Å²) in [4.78, 5) is 6.65. The number of imidazole rings is 1. The number of nitrogens with zero attached hydrogens (tertiary/aromatic N) is 1. The molecule has 0 radical (unpaired) electrons. The molecule has 2 rings (SSSR count). The van der Waals surface area contributed by atoms with Crippen molar-refractivity contribution in [3.8, 4) is 0 Å². The van der Waals surface area contributed by atoms with Crippen LogP contribution in [0.4, 0.5) is 0 Å². The van der Waals surface area contributed by atoms with E-state index in [1.54, 1.807) is 18.3 Å². The third-order valence-corrected chi connectivity index (χ3v) is 3.53. The molecule has 1 aromatic carbocycles. The Morgan fingerprint density at radius 3 is 2.65 bits per heavy atom. The summed E-state index contributed by atoms with van der Waals surface area (Å²) >= 11 is 0. The van der Waals surface area contributed by atoms with Crippen molar-refractivity contribution >= 4 is 10.0 Å². The molecule has 1 heterocycles. The van der Waals surface area contributed by atoms with Gasteiger partial charge in [0.1, 0.15) is 0 Å². The van der Waals surface area contributed by atoms with Gasteiger partial charge in [-0.05, 0) is 5.56 Å². The highest BCUT2D eigenvalue weighted by molar-refractivity contribution is 7.88. The number of aromatic nitrogens is 2. The van der Waals surface area contributed by atoms with E-state index in [0.717, 1.165) is 11.3 Å². The third kappa shape index (κ3) is 3.69. The molecule has 1 aromatic heterocycles. The highest BCUT2D eigenvalue weighted by Crippen LogP contribution is 2.04. The lowest BCUT2D eigenvalue weighted by Crippen LogP contribution is -2.24. The molecule has 2 aromatic rings. The zero-order chi connectivity index (χ0) is 12.1. The molecule has 17 heavy (non-hydrogen) atoms. The summed E-state index contributed by atoms with van der Waals surface area (Å²) in [6.07, 6.45) is 3.10. The van der Waals surface area contributed by atoms with Crippen molar-refractivity contribution in [2.24, 2.45) is 0 Å². The first kappa shape index (κ1) is 11.8. The largest absolute Gasteiger partial charge is 0.347 e. The molecule has 0 saturated heterocycles. The molecule has 2 N–H and O–H groups in total. The Morgan fingerprint density at radius 2 is 2.00 bits per heavy atom. The molecule has 6 heteroatoms. The molecule has 0 amide bonds. The Morgan fingerprint density at radius 1 is 1.24 bits per heavy atom. The highest BCUT2D eigenvalue weighted by atomic mass is 32.2. The summed E-state index contributed by atoms with van der Waals surface area (Å²) in [5.41, 5.74) is 1.51. The van der Waals surface area contributed by atoms with E-state index < -0.39 is 10.0 Å². The second-order valence-corrected chi connectivity index (χ2v) is 5.45. The molecule has 0 bridgehead atoms. The normalized spacial score (nSPS) is 11.5. The number of benzene rings is 1. The molecular weight excluding hydrogens is 238 g/mol. The van der Waals surface area contributed by atoms with Gasteiger partial charge in [-0.1, -0.05) is 30.3 Å². The lowest BCUT2D eigenvalue weighted by molar-refractivity contribution is 0.579. The SMILES string of the molecule is O=S(=O)(Cc1ccccc1)NCc1cnc[nH]1. The van der Waals surface area contributed by atoms with Crippen LogP contribution in [0.25, 0.3) is 0 Å². The fraction of sp³-hybridized carbons (Fsp3) is 0.182. The van der Waals surface area contributed by atoms with Gasteiger partial charge in [0, 0.05) is 11.9 Å². The van der Waals surface area contributed by atoms with Gasteiger partial charge in [-0.15, -0.1) is 0 Å². The zero-order valence-corrected chi connectivity index (χ0v) is 9.94. The van der Waals surface area contributed by atoms with Crippen molar-refractivity contribution in [1.82, 2.24) is 14.7 Å². The van der Waals surface area contributed by atoms with Gasteiger partial charge in [-0.3, -0.25) is 0 Å². The van der Waals surface area contributed by atoms with Gasteiger partial charge in [-0.25, -0.2) is 18.1 Å². The van der Waals surface area contributed by atoms with E-state index >= 15 is 0 Å². The van der Waals surface area contributed by atoms with Gasteiger partial charge in [0.05, 0.1) is 18.6 Å². The predicted molar refractivity (Wildman–Crippen MR) is 64.5 cm³/mol. The first-order valence-corrected chi connectivity index (χ1v) is 6.79. The van der Waals surface area contributed by atoms with Gasteiger partial charge in [0.15, 0.2) is 0 Å². The standard InChI is InChI=1S/C11H13N3O2S/c15-17(16,8-10-4-2-1-3-5-10)14-7-11-6-12-9-13-11/h1-6,9,14H,7-8H2,(H,12,13). The summed E-state index contributed by atoms with van der Waals surface area (Å²) in [7, 11) is -3.31. The molecule has 0 aliphatic carbocycles. The van der Waals surface area contributed by atoms with Crippen LogP contribution in [0.15, 0.2) is 42.9 Å². The van der Waals surface area contributed by atoms with Crippen molar-refractivity contribution in [2.45, 2.75) is 12.3 Å². The van der Waals surface area contributed by atoms with Gasteiger partial charge in [0.2, 0.25) is 10.0 Å². The zero-order valence-electron chi connectivity index (χ0n) is 9.13. The molecule has 90 valence electrons. The van der Waals surface area contributed by atoms with Crippen molar-refractivity contribution in [1.29, 1.82) is 0 Å². The monoisotopic (exact) mass is 251 g/mol. The van der Waals surface area contributed by atoms with Crippen LogP contribution < -0.4 is 4.72 Å². The third-order valence-electron chi connectivity index (χ3n) is 2.24. The summed E-state index contributed by atoms with van der Waals surface area (Å²) in [5, 5.41) is 0. The quantitative estimate of drug-likeness (QED) is 0.833. The number of nitrogens with one attached hydrogen (secondary N) is 2. The smallest absolute Gasteiger partial charge is 0.216 e. The molecule has 0 fully saturated rings. The summed E-state index contributed by atoms with van der Waals surface area (Å²) < 4.78 is 26.0.